The molecule has 1 aromatic rings. The smallest absolute Gasteiger partial charge is 0.347 e. The first-order valence-corrected chi connectivity index (χ1v) is 5.92. The Balaban J connectivity index is 2.70. The van der Waals surface area contributed by atoms with Crippen molar-refractivity contribution in [2.24, 2.45) is 0 Å². The van der Waals surface area contributed by atoms with Crippen molar-refractivity contribution in [3.63, 3.8) is 0 Å². The number of hydrogen-bond donors (Lipinski definition) is 1. The highest BCUT2D eigenvalue weighted by molar-refractivity contribution is 5.00. The van der Waals surface area contributed by atoms with Crippen LogP contribution in [0, 0.1) is 6.92 Å². The number of nitrogens with zero attached hydrogens (tertiary/aromatic N) is 2. The van der Waals surface area contributed by atoms with Crippen molar-refractivity contribution >= 4 is 0 Å². The Hall–Kier alpha value is -1.20. The van der Waals surface area contributed by atoms with Gasteiger partial charge in [-0.2, -0.15) is 0 Å². The van der Waals surface area contributed by atoms with Gasteiger partial charge in [0.1, 0.15) is 0 Å². The first-order chi connectivity index (χ1) is 8.17. The lowest BCUT2D eigenvalue weighted by atomic mass is 10.3. The van der Waals surface area contributed by atoms with E-state index in [1.807, 2.05) is 13.1 Å². The predicted molar refractivity (Wildman–Crippen MR) is 67.2 cm³/mol. The van der Waals surface area contributed by atoms with E-state index in [9.17, 15) is 4.79 Å². The molecule has 0 saturated heterocycles. The molecule has 1 aromatic heterocycles. The Morgan fingerprint density at radius 1 is 1.59 bits per heavy atom. The van der Waals surface area contributed by atoms with E-state index in [4.69, 9.17) is 4.74 Å². The molecule has 1 heterocycles. The van der Waals surface area contributed by atoms with E-state index in [1.165, 1.54) is 0 Å². The number of nitrogens with one attached hydrogen (secondary N) is 1. The summed E-state index contributed by atoms with van der Waals surface area (Å²) in [6, 6.07) is 0.140. The molecule has 0 aliphatic rings. The molecule has 17 heavy (non-hydrogen) atoms. The van der Waals surface area contributed by atoms with Gasteiger partial charge in [0.2, 0.25) is 0 Å². The van der Waals surface area contributed by atoms with Crippen LogP contribution in [0.5, 0.6) is 0 Å². The second kappa shape index (κ2) is 7.19. The molecular formula is C12H21N3O2. The van der Waals surface area contributed by atoms with Crippen molar-refractivity contribution in [1.29, 1.82) is 0 Å². The molecule has 0 fully saturated rings. The van der Waals surface area contributed by atoms with Gasteiger partial charge in [-0.3, -0.25) is 4.57 Å². The maximum absolute atomic E-state index is 11.6. The molecule has 0 spiro atoms. The van der Waals surface area contributed by atoms with Gasteiger partial charge >= 0.3 is 5.69 Å². The molecule has 0 saturated carbocycles. The third-order valence-electron chi connectivity index (χ3n) is 2.45. The molecule has 5 nitrogen and oxygen atoms in total. The highest BCUT2D eigenvalue weighted by atomic mass is 16.5. The number of ether oxygens (including phenoxy) is 1. The molecule has 1 N–H and O–H groups in total. The Bertz CT molecular complexity index is 390. The minimum absolute atomic E-state index is 0.140. The molecule has 5 heteroatoms. The summed E-state index contributed by atoms with van der Waals surface area (Å²) in [5, 5.41) is 3.35. The van der Waals surface area contributed by atoms with Crippen LogP contribution in [0.4, 0.5) is 0 Å². The average Bonchev–Trinajstić information content (AvgIpc) is 2.31. The number of methoxy groups -OCH3 is 1. The van der Waals surface area contributed by atoms with Crippen LogP contribution in [0.1, 0.15) is 18.9 Å². The van der Waals surface area contributed by atoms with E-state index in [0.717, 1.165) is 18.5 Å². The zero-order valence-electron chi connectivity index (χ0n) is 10.8. The molecule has 0 aliphatic heterocycles. The van der Waals surface area contributed by atoms with E-state index in [-0.39, 0.29) is 11.7 Å². The predicted octanol–water partition coefficient (Wildman–Crippen LogP) is 0.566. The van der Waals surface area contributed by atoms with Gasteiger partial charge < -0.3 is 10.1 Å². The SMILES string of the molecule is CCCNC(COC)Cn1cc(C)cnc1=O. The quantitative estimate of drug-likeness (QED) is 0.755. The van der Waals surface area contributed by atoms with Crippen LogP contribution in [-0.4, -0.2) is 35.9 Å². The summed E-state index contributed by atoms with van der Waals surface area (Å²) in [6.45, 7) is 6.12. The third-order valence-corrected chi connectivity index (χ3v) is 2.45. The summed E-state index contributed by atoms with van der Waals surface area (Å²) in [5.41, 5.74) is 0.770. The second-order valence-electron chi connectivity index (χ2n) is 4.17. The molecular weight excluding hydrogens is 218 g/mol. The van der Waals surface area contributed by atoms with Gasteiger partial charge in [0.15, 0.2) is 0 Å². The fraction of sp³-hybridized carbons (Fsp3) is 0.667. The van der Waals surface area contributed by atoms with Crippen LogP contribution in [-0.2, 0) is 11.3 Å². The number of aryl methyl sites for hydroxylation is 1. The average molecular weight is 239 g/mol. The minimum Gasteiger partial charge on any atom is -0.383 e. The minimum atomic E-state index is -0.213. The van der Waals surface area contributed by atoms with E-state index < -0.39 is 0 Å². The molecule has 0 bridgehead atoms. The van der Waals surface area contributed by atoms with E-state index in [1.54, 1.807) is 17.9 Å². The van der Waals surface area contributed by atoms with Crippen molar-refractivity contribution in [3.05, 3.63) is 28.4 Å². The van der Waals surface area contributed by atoms with Crippen molar-refractivity contribution in [2.75, 3.05) is 20.3 Å². The van der Waals surface area contributed by atoms with Crippen LogP contribution < -0.4 is 11.0 Å². The lowest BCUT2D eigenvalue weighted by molar-refractivity contribution is 0.158. The normalized spacial score (nSPS) is 12.6. The van der Waals surface area contributed by atoms with Gasteiger partial charge in [0.25, 0.3) is 0 Å². The number of hydrogen-bond acceptors (Lipinski definition) is 4. The molecule has 0 aliphatic carbocycles. The highest BCUT2D eigenvalue weighted by Gasteiger charge is 2.09. The fourth-order valence-corrected chi connectivity index (χ4v) is 1.66. The Kier molecular flexibility index (Phi) is 5.86. The number of rotatable bonds is 7. The lowest BCUT2D eigenvalue weighted by Gasteiger charge is -2.18. The second-order valence-corrected chi connectivity index (χ2v) is 4.17. The summed E-state index contributed by atoms with van der Waals surface area (Å²) in [7, 11) is 1.66. The maximum atomic E-state index is 11.6. The van der Waals surface area contributed by atoms with Gasteiger partial charge in [-0.15, -0.1) is 0 Å². The number of aromatic nitrogens is 2. The summed E-state index contributed by atoms with van der Waals surface area (Å²) in [6.07, 6.45) is 4.47. The van der Waals surface area contributed by atoms with Gasteiger partial charge in [-0.1, -0.05) is 6.92 Å². The Labute approximate surface area is 102 Å². The van der Waals surface area contributed by atoms with Gasteiger partial charge in [-0.05, 0) is 25.5 Å². The highest BCUT2D eigenvalue weighted by Crippen LogP contribution is 1.94. The van der Waals surface area contributed by atoms with Crippen LogP contribution >= 0.6 is 0 Å². The van der Waals surface area contributed by atoms with Crippen LogP contribution in [0.25, 0.3) is 0 Å². The van der Waals surface area contributed by atoms with Crippen molar-refractivity contribution in [3.8, 4) is 0 Å². The van der Waals surface area contributed by atoms with Crippen LogP contribution in [0.3, 0.4) is 0 Å². The molecule has 0 amide bonds. The van der Waals surface area contributed by atoms with E-state index in [2.05, 4.69) is 17.2 Å². The zero-order chi connectivity index (χ0) is 12.7. The van der Waals surface area contributed by atoms with Crippen LogP contribution in [0.15, 0.2) is 17.2 Å². The monoisotopic (exact) mass is 239 g/mol. The van der Waals surface area contributed by atoms with Crippen molar-refractivity contribution in [2.45, 2.75) is 32.9 Å². The van der Waals surface area contributed by atoms with E-state index in [0.29, 0.717) is 13.2 Å². The van der Waals surface area contributed by atoms with Gasteiger partial charge in [0, 0.05) is 32.1 Å². The van der Waals surface area contributed by atoms with Gasteiger partial charge in [0.05, 0.1) is 6.61 Å². The molecule has 0 radical (unpaired) electrons. The summed E-state index contributed by atoms with van der Waals surface area (Å²) < 4.78 is 6.77. The Morgan fingerprint density at radius 3 is 3.00 bits per heavy atom. The molecule has 96 valence electrons. The lowest BCUT2D eigenvalue weighted by Crippen LogP contribution is -2.40. The zero-order valence-corrected chi connectivity index (χ0v) is 10.8. The molecule has 1 atom stereocenters. The van der Waals surface area contributed by atoms with Crippen LogP contribution in [0.2, 0.25) is 0 Å². The van der Waals surface area contributed by atoms with Crippen molar-refractivity contribution in [1.82, 2.24) is 14.9 Å². The molecule has 1 unspecified atom stereocenters. The summed E-state index contributed by atoms with van der Waals surface area (Å²) in [4.78, 5) is 15.4. The van der Waals surface area contributed by atoms with E-state index >= 15 is 0 Å². The fourth-order valence-electron chi connectivity index (χ4n) is 1.66. The maximum Gasteiger partial charge on any atom is 0.347 e. The Morgan fingerprint density at radius 2 is 2.35 bits per heavy atom. The first kappa shape index (κ1) is 13.9. The molecule has 0 aromatic carbocycles. The first-order valence-electron chi connectivity index (χ1n) is 5.92. The molecule has 1 rings (SSSR count). The summed E-state index contributed by atoms with van der Waals surface area (Å²) in [5.74, 6) is 0. The largest absolute Gasteiger partial charge is 0.383 e. The third kappa shape index (κ3) is 4.66. The summed E-state index contributed by atoms with van der Waals surface area (Å²) >= 11 is 0. The van der Waals surface area contributed by atoms with Gasteiger partial charge in [-0.25, -0.2) is 9.78 Å². The standard InChI is InChI=1S/C12H21N3O2/c1-4-5-13-11(9-17-3)8-15-7-10(2)6-14-12(15)16/h6-7,11,13H,4-5,8-9H2,1-3H3. The topological polar surface area (TPSA) is 56.1 Å². The van der Waals surface area contributed by atoms with Crippen molar-refractivity contribution < 1.29 is 4.74 Å².